The Labute approximate surface area is 233 Å². The van der Waals surface area contributed by atoms with Crippen LogP contribution in [0.1, 0.15) is 87.1 Å². The average Bonchev–Trinajstić information content (AvgIpc) is 2.76. The maximum absolute atomic E-state index is 12.6. The molecule has 218 valence electrons. The summed E-state index contributed by atoms with van der Waals surface area (Å²) < 4.78 is 5.65. The number of rotatable bonds is 15. The lowest BCUT2D eigenvalue weighted by atomic mass is 9.89. The van der Waals surface area contributed by atoms with E-state index in [0.717, 1.165) is 23.8 Å². The summed E-state index contributed by atoms with van der Waals surface area (Å²) in [6.07, 6.45) is 4.02. The molecule has 0 heterocycles. The Morgan fingerprint density at radius 1 is 0.949 bits per heavy atom. The molecule has 0 saturated heterocycles. The molecule has 0 aromatic heterocycles. The second-order valence-electron chi connectivity index (χ2n) is 12.4. The number of carboxylic acid groups (broad SMARTS) is 1. The minimum atomic E-state index is -1.29. The molecule has 1 aromatic carbocycles. The Balaban J connectivity index is 2.52. The third-order valence-corrected chi connectivity index (χ3v) is 5.62. The van der Waals surface area contributed by atoms with Gasteiger partial charge in [0.2, 0.25) is 11.8 Å². The van der Waals surface area contributed by atoms with Crippen LogP contribution in [0.4, 0.5) is 0 Å². The first-order chi connectivity index (χ1) is 17.9. The fraction of sp³-hybridized carbons (Fsp3) is 0.600. The van der Waals surface area contributed by atoms with Crippen molar-refractivity contribution in [3.8, 4) is 5.75 Å². The Morgan fingerprint density at radius 3 is 2.08 bits per heavy atom. The molecule has 9 nitrogen and oxygen atoms in total. The van der Waals surface area contributed by atoms with Gasteiger partial charge in [-0.1, -0.05) is 0 Å². The molecule has 0 bridgehead atoms. The molecule has 0 saturated carbocycles. The second-order valence-corrected chi connectivity index (χ2v) is 12.4. The second kappa shape index (κ2) is 14.8. The number of carbonyl (C=O) groups excluding carboxylic acids is 2. The van der Waals surface area contributed by atoms with Crippen LogP contribution in [0.5, 0.6) is 5.75 Å². The Kier molecular flexibility index (Phi) is 12.9. The number of aliphatic imine (C=N–C) groups is 1. The van der Waals surface area contributed by atoms with Gasteiger partial charge in [0.05, 0.1) is 24.6 Å². The average molecular weight is 545 g/mol. The summed E-state index contributed by atoms with van der Waals surface area (Å²) in [5.74, 6) is -1.44. The van der Waals surface area contributed by atoms with Crippen molar-refractivity contribution in [1.82, 2.24) is 16.0 Å². The Morgan fingerprint density at radius 2 is 1.54 bits per heavy atom. The van der Waals surface area contributed by atoms with Crippen molar-refractivity contribution in [2.24, 2.45) is 4.99 Å². The number of nitrogens with zero attached hydrogens (tertiary/aromatic N) is 1. The van der Waals surface area contributed by atoms with Gasteiger partial charge in [-0.25, -0.2) is 4.79 Å². The quantitative estimate of drug-likeness (QED) is 0.148. The van der Waals surface area contributed by atoms with Gasteiger partial charge in [-0.05, 0) is 105 Å². The van der Waals surface area contributed by atoms with Gasteiger partial charge >= 0.3 is 5.97 Å². The van der Waals surface area contributed by atoms with Crippen molar-refractivity contribution in [2.45, 2.75) is 104 Å². The zero-order valence-corrected chi connectivity index (χ0v) is 25.1. The van der Waals surface area contributed by atoms with Crippen LogP contribution in [0.15, 0.2) is 40.9 Å². The maximum atomic E-state index is 12.6. The van der Waals surface area contributed by atoms with Crippen molar-refractivity contribution >= 4 is 24.0 Å². The number of aliphatic carboxylic acids is 1. The monoisotopic (exact) mass is 544 g/mol. The van der Waals surface area contributed by atoms with Gasteiger partial charge < -0.3 is 25.8 Å². The standard InChI is InChI=1S/C30H48N4O5/c1-21(2)39-24-12-10-22(11-13-24)20-31-16-17-32-29(6,7)14-15-30(8,9)34-26(36)19-23(27(37)38)18-25(35)33-28(3,4)5/h10-13,18,20-21,32H,14-17,19H2,1-9H3,(H,33,35)(H,34,36)(H,37,38)/b23-18-,31-20?. The molecule has 0 unspecified atom stereocenters. The molecule has 0 aliphatic rings. The highest BCUT2D eigenvalue weighted by Gasteiger charge is 2.26. The fourth-order valence-corrected chi connectivity index (χ4v) is 3.66. The van der Waals surface area contributed by atoms with Crippen molar-refractivity contribution in [3.63, 3.8) is 0 Å². The Bertz CT molecular complexity index is 1020. The third kappa shape index (κ3) is 15.7. The number of ether oxygens (including phenoxy) is 1. The molecule has 1 aromatic rings. The first kappa shape index (κ1) is 33.8. The van der Waals surface area contributed by atoms with Gasteiger partial charge in [-0.3, -0.25) is 14.6 Å². The first-order valence-electron chi connectivity index (χ1n) is 13.5. The van der Waals surface area contributed by atoms with Gasteiger partial charge in [-0.15, -0.1) is 0 Å². The predicted molar refractivity (Wildman–Crippen MR) is 156 cm³/mol. The minimum absolute atomic E-state index is 0.140. The predicted octanol–water partition coefficient (Wildman–Crippen LogP) is 4.25. The van der Waals surface area contributed by atoms with E-state index in [-0.39, 0.29) is 23.6 Å². The van der Waals surface area contributed by atoms with E-state index in [1.165, 1.54) is 0 Å². The molecular weight excluding hydrogens is 496 g/mol. The van der Waals surface area contributed by atoms with Gasteiger partial charge in [0.25, 0.3) is 0 Å². The van der Waals surface area contributed by atoms with E-state index in [1.807, 2.05) is 58.2 Å². The van der Waals surface area contributed by atoms with Crippen LogP contribution in [0.3, 0.4) is 0 Å². The van der Waals surface area contributed by atoms with Crippen LogP contribution in [-0.2, 0) is 14.4 Å². The lowest BCUT2D eigenvalue weighted by molar-refractivity contribution is -0.134. The van der Waals surface area contributed by atoms with Gasteiger partial charge in [0.1, 0.15) is 5.75 Å². The fourth-order valence-electron chi connectivity index (χ4n) is 3.66. The summed E-state index contributed by atoms with van der Waals surface area (Å²) in [4.78, 5) is 40.8. The molecule has 2 amide bonds. The van der Waals surface area contributed by atoms with E-state index in [9.17, 15) is 19.5 Å². The van der Waals surface area contributed by atoms with Crippen molar-refractivity contribution < 1.29 is 24.2 Å². The zero-order chi connectivity index (χ0) is 29.9. The largest absolute Gasteiger partial charge is 0.491 e. The number of amides is 2. The SMILES string of the molecule is CC(C)Oc1ccc(C=NCCNC(C)(C)CCC(C)(C)NC(=O)C/C(=C/C(=O)NC(C)(C)C)C(=O)O)cc1. The maximum Gasteiger partial charge on any atom is 0.332 e. The molecule has 9 heteroatoms. The molecule has 0 atom stereocenters. The van der Waals surface area contributed by atoms with Crippen LogP contribution in [0.2, 0.25) is 0 Å². The summed E-state index contributed by atoms with van der Waals surface area (Å²) in [5, 5.41) is 18.5. The molecular formula is C30H48N4O5. The van der Waals surface area contributed by atoms with E-state index in [1.54, 1.807) is 20.8 Å². The normalized spacial score (nSPS) is 13.0. The highest BCUT2D eigenvalue weighted by atomic mass is 16.5. The van der Waals surface area contributed by atoms with Crippen molar-refractivity contribution in [2.75, 3.05) is 13.1 Å². The molecule has 0 fully saturated rings. The van der Waals surface area contributed by atoms with Gasteiger partial charge in [-0.2, -0.15) is 0 Å². The van der Waals surface area contributed by atoms with Gasteiger partial charge in [0, 0.05) is 35.5 Å². The van der Waals surface area contributed by atoms with Crippen LogP contribution in [-0.4, -0.2) is 64.9 Å². The number of carbonyl (C=O) groups is 3. The minimum Gasteiger partial charge on any atom is -0.491 e. The Hall–Kier alpha value is -3.20. The molecule has 0 aliphatic carbocycles. The lowest BCUT2D eigenvalue weighted by Crippen LogP contribution is -2.47. The summed E-state index contributed by atoms with van der Waals surface area (Å²) >= 11 is 0. The highest BCUT2D eigenvalue weighted by molar-refractivity contribution is 6.01. The van der Waals surface area contributed by atoms with Crippen LogP contribution in [0.25, 0.3) is 0 Å². The van der Waals surface area contributed by atoms with Crippen LogP contribution < -0.4 is 20.7 Å². The number of nitrogens with one attached hydrogen (secondary N) is 3. The topological polar surface area (TPSA) is 129 Å². The van der Waals surface area contributed by atoms with Crippen LogP contribution >= 0.6 is 0 Å². The molecule has 39 heavy (non-hydrogen) atoms. The summed E-state index contributed by atoms with van der Waals surface area (Å²) in [6, 6.07) is 7.83. The number of carboxylic acids is 1. The summed E-state index contributed by atoms with van der Waals surface area (Å²) in [5.41, 5.74) is -0.503. The zero-order valence-electron chi connectivity index (χ0n) is 25.1. The third-order valence-electron chi connectivity index (χ3n) is 5.62. The van der Waals surface area contributed by atoms with Crippen LogP contribution in [0, 0.1) is 0 Å². The van der Waals surface area contributed by atoms with Crippen molar-refractivity contribution in [1.29, 1.82) is 0 Å². The first-order valence-corrected chi connectivity index (χ1v) is 13.5. The van der Waals surface area contributed by atoms with Crippen molar-refractivity contribution in [3.05, 3.63) is 41.5 Å². The molecule has 0 spiro atoms. The van der Waals surface area contributed by atoms with E-state index in [2.05, 4.69) is 34.8 Å². The smallest absolute Gasteiger partial charge is 0.332 e. The highest BCUT2D eigenvalue weighted by Crippen LogP contribution is 2.20. The van der Waals surface area contributed by atoms with E-state index in [4.69, 9.17) is 4.74 Å². The number of hydrogen-bond donors (Lipinski definition) is 4. The molecule has 1 rings (SSSR count). The number of benzene rings is 1. The summed E-state index contributed by atoms with van der Waals surface area (Å²) in [7, 11) is 0. The van der Waals surface area contributed by atoms with E-state index < -0.39 is 28.9 Å². The molecule has 0 radical (unpaired) electrons. The van der Waals surface area contributed by atoms with Gasteiger partial charge in [0.15, 0.2) is 0 Å². The number of hydrogen-bond acceptors (Lipinski definition) is 6. The van der Waals surface area contributed by atoms with E-state index >= 15 is 0 Å². The van der Waals surface area contributed by atoms with E-state index in [0.29, 0.717) is 19.5 Å². The molecule has 4 N–H and O–H groups in total. The molecule has 0 aliphatic heterocycles. The lowest BCUT2D eigenvalue weighted by Gasteiger charge is -2.32. The summed E-state index contributed by atoms with van der Waals surface area (Å²) in [6.45, 7) is 18.7.